The summed E-state index contributed by atoms with van der Waals surface area (Å²) >= 11 is 0.690. The summed E-state index contributed by atoms with van der Waals surface area (Å²) in [7, 11) is 1.24. The fourth-order valence-electron chi connectivity index (χ4n) is 2.75. The number of carbonyl (C=O) groups excluding carboxylic acids is 4. The SMILES string of the molecule is COC(=O)c1ccc(N(CN2C(=O)CCC2=O)C(=O)c2ccc([N+](=O)[O-])s2)cc1. The topological polar surface area (TPSA) is 127 Å². The number of benzene rings is 1. The van der Waals surface area contributed by atoms with Crippen molar-refractivity contribution in [2.24, 2.45) is 0 Å². The first kappa shape index (κ1) is 20.1. The zero-order chi connectivity index (χ0) is 21.1. The Hall–Kier alpha value is -3.60. The van der Waals surface area contributed by atoms with E-state index in [-0.39, 0.29) is 35.0 Å². The molecule has 0 atom stereocenters. The molecule has 11 heteroatoms. The first-order valence-electron chi connectivity index (χ1n) is 8.39. The molecule has 0 radical (unpaired) electrons. The van der Waals surface area contributed by atoms with Crippen LogP contribution in [0.2, 0.25) is 0 Å². The molecule has 0 unspecified atom stereocenters. The maximum absolute atomic E-state index is 13.0. The number of nitrogens with zero attached hydrogens (tertiary/aromatic N) is 3. The van der Waals surface area contributed by atoms with Crippen LogP contribution in [0, 0.1) is 10.1 Å². The molecule has 3 amide bonds. The van der Waals surface area contributed by atoms with Crippen molar-refractivity contribution in [1.29, 1.82) is 0 Å². The highest BCUT2D eigenvalue weighted by atomic mass is 32.1. The van der Waals surface area contributed by atoms with Crippen LogP contribution in [0.15, 0.2) is 36.4 Å². The number of carbonyl (C=O) groups is 4. The molecule has 2 heterocycles. The molecule has 3 rings (SSSR count). The molecule has 10 nitrogen and oxygen atoms in total. The fraction of sp³-hybridized carbons (Fsp3) is 0.222. The van der Waals surface area contributed by atoms with Crippen LogP contribution in [0.4, 0.5) is 10.7 Å². The van der Waals surface area contributed by atoms with Gasteiger partial charge in [-0.15, -0.1) is 0 Å². The van der Waals surface area contributed by atoms with Crippen LogP contribution in [0.5, 0.6) is 0 Å². The van der Waals surface area contributed by atoms with Crippen molar-refractivity contribution < 1.29 is 28.8 Å². The summed E-state index contributed by atoms with van der Waals surface area (Å²) in [6.07, 6.45) is 0.124. The van der Waals surface area contributed by atoms with Crippen LogP contribution in [-0.4, -0.2) is 47.3 Å². The number of imide groups is 1. The average molecular weight is 417 g/mol. The lowest BCUT2D eigenvalue weighted by molar-refractivity contribution is -0.380. The van der Waals surface area contributed by atoms with E-state index in [0.717, 1.165) is 9.80 Å². The molecule has 1 aromatic heterocycles. The van der Waals surface area contributed by atoms with Crippen molar-refractivity contribution in [3.05, 3.63) is 57.0 Å². The molecule has 1 aliphatic rings. The zero-order valence-electron chi connectivity index (χ0n) is 15.2. The first-order valence-corrected chi connectivity index (χ1v) is 9.21. The van der Waals surface area contributed by atoms with Gasteiger partial charge in [0.1, 0.15) is 6.67 Å². The van der Waals surface area contributed by atoms with E-state index in [1.54, 1.807) is 0 Å². The Kier molecular flexibility index (Phi) is 5.69. The van der Waals surface area contributed by atoms with Crippen LogP contribution in [0.25, 0.3) is 0 Å². The number of methoxy groups -OCH3 is 1. The molecule has 1 fully saturated rings. The number of hydrogen-bond donors (Lipinski definition) is 0. The average Bonchev–Trinajstić information content (AvgIpc) is 3.33. The Morgan fingerprint density at radius 1 is 1.14 bits per heavy atom. The van der Waals surface area contributed by atoms with Gasteiger partial charge in [0.15, 0.2) is 0 Å². The highest BCUT2D eigenvalue weighted by Crippen LogP contribution is 2.28. The largest absolute Gasteiger partial charge is 0.465 e. The summed E-state index contributed by atoms with van der Waals surface area (Å²) in [5.74, 6) is -1.98. The molecular weight excluding hydrogens is 402 g/mol. The van der Waals surface area contributed by atoms with Crippen molar-refractivity contribution in [2.45, 2.75) is 12.8 Å². The minimum atomic E-state index is -0.610. The first-order chi connectivity index (χ1) is 13.8. The van der Waals surface area contributed by atoms with E-state index >= 15 is 0 Å². The molecule has 29 heavy (non-hydrogen) atoms. The molecule has 0 bridgehead atoms. The van der Waals surface area contributed by atoms with E-state index in [0.29, 0.717) is 17.0 Å². The van der Waals surface area contributed by atoms with Crippen molar-refractivity contribution in [2.75, 3.05) is 18.7 Å². The summed E-state index contributed by atoms with van der Waals surface area (Å²) in [4.78, 5) is 61.2. The summed E-state index contributed by atoms with van der Waals surface area (Å²) in [6, 6.07) is 8.34. The van der Waals surface area contributed by atoms with E-state index in [1.807, 2.05) is 0 Å². The van der Waals surface area contributed by atoms with Crippen LogP contribution in [0.3, 0.4) is 0 Å². The molecule has 0 N–H and O–H groups in total. The van der Waals surface area contributed by atoms with Crippen molar-refractivity contribution >= 4 is 45.7 Å². The molecule has 2 aromatic rings. The number of nitro groups is 1. The van der Waals surface area contributed by atoms with Gasteiger partial charge in [-0.3, -0.25) is 34.3 Å². The summed E-state index contributed by atoms with van der Waals surface area (Å²) in [5, 5.41) is 10.7. The molecular formula is C18H15N3O7S. The van der Waals surface area contributed by atoms with Gasteiger partial charge in [0.25, 0.3) is 5.91 Å². The number of likely N-dealkylation sites (tertiary alicyclic amines) is 1. The van der Waals surface area contributed by atoms with Gasteiger partial charge in [-0.1, -0.05) is 11.3 Å². The number of esters is 1. The summed E-state index contributed by atoms with van der Waals surface area (Å²) in [6.45, 7) is -0.334. The Bertz CT molecular complexity index is 983. The van der Waals surface area contributed by atoms with Gasteiger partial charge in [0.05, 0.1) is 22.5 Å². The van der Waals surface area contributed by atoms with Crippen LogP contribution < -0.4 is 4.90 Å². The Morgan fingerprint density at radius 2 is 1.76 bits per heavy atom. The molecule has 0 saturated carbocycles. The minimum absolute atomic E-state index is 0.0621. The predicted octanol–water partition coefficient (Wildman–Crippen LogP) is 2.20. The molecule has 1 saturated heterocycles. The second kappa shape index (κ2) is 8.19. The van der Waals surface area contributed by atoms with Crippen LogP contribution in [-0.2, 0) is 14.3 Å². The quantitative estimate of drug-likeness (QED) is 0.305. The lowest BCUT2D eigenvalue weighted by atomic mass is 10.2. The van der Waals surface area contributed by atoms with Gasteiger partial charge in [-0.25, -0.2) is 4.79 Å². The van der Waals surface area contributed by atoms with Gasteiger partial charge >= 0.3 is 11.0 Å². The van der Waals surface area contributed by atoms with E-state index in [2.05, 4.69) is 4.74 Å². The lowest BCUT2D eigenvalue weighted by Crippen LogP contribution is -2.44. The number of anilines is 1. The second-order valence-electron chi connectivity index (χ2n) is 6.02. The Labute approximate surface area is 168 Å². The lowest BCUT2D eigenvalue weighted by Gasteiger charge is -2.26. The van der Waals surface area contributed by atoms with Crippen LogP contribution in [0.1, 0.15) is 32.9 Å². The third-order valence-corrected chi connectivity index (χ3v) is 5.29. The summed E-state index contributed by atoms with van der Waals surface area (Å²) in [5.41, 5.74) is 0.565. The van der Waals surface area contributed by atoms with Crippen molar-refractivity contribution in [3.63, 3.8) is 0 Å². The maximum atomic E-state index is 13.0. The minimum Gasteiger partial charge on any atom is -0.465 e. The molecule has 0 spiro atoms. The third-order valence-electron chi connectivity index (χ3n) is 4.27. The van der Waals surface area contributed by atoms with E-state index in [9.17, 15) is 29.3 Å². The van der Waals surface area contributed by atoms with Gasteiger partial charge in [-0.05, 0) is 30.3 Å². The van der Waals surface area contributed by atoms with E-state index in [4.69, 9.17) is 0 Å². The monoisotopic (exact) mass is 417 g/mol. The smallest absolute Gasteiger partial charge is 0.337 e. The number of ether oxygens (including phenoxy) is 1. The van der Waals surface area contributed by atoms with Crippen LogP contribution >= 0.6 is 11.3 Å². The van der Waals surface area contributed by atoms with Crippen molar-refractivity contribution in [1.82, 2.24) is 4.90 Å². The van der Waals surface area contributed by atoms with Crippen molar-refractivity contribution in [3.8, 4) is 0 Å². The number of thiophene rings is 1. The van der Waals surface area contributed by atoms with E-state index < -0.39 is 28.6 Å². The molecule has 1 aliphatic heterocycles. The van der Waals surface area contributed by atoms with Gasteiger partial charge in [-0.2, -0.15) is 0 Å². The summed E-state index contributed by atoms with van der Waals surface area (Å²) < 4.78 is 4.64. The number of rotatable bonds is 6. The molecule has 1 aromatic carbocycles. The predicted molar refractivity (Wildman–Crippen MR) is 102 cm³/mol. The number of amides is 3. The van der Waals surface area contributed by atoms with E-state index in [1.165, 1.54) is 43.5 Å². The Morgan fingerprint density at radius 3 is 2.28 bits per heavy atom. The number of hydrogen-bond acceptors (Lipinski definition) is 8. The van der Waals surface area contributed by atoms with Gasteiger partial charge in [0.2, 0.25) is 11.8 Å². The normalized spacial score (nSPS) is 13.5. The molecule has 150 valence electrons. The van der Waals surface area contributed by atoms with Gasteiger partial charge < -0.3 is 4.74 Å². The highest BCUT2D eigenvalue weighted by molar-refractivity contribution is 7.17. The second-order valence-corrected chi connectivity index (χ2v) is 7.09. The standard InChI is InChI=1S/C18H15N3O7S/c1-28-18(25)11-2-4-12(5-3-11)19(10-20-14(22)7-8-15(20)23)17(24)13-6-9-16(29-13)21(26)27/h2-6,9H,7-8,10H2,1H3. The zero-order valence-corrected chi connectivity index (χ0v) is 16.0. The highest BCUT2D eigenvalue weighted by Gasteiger charge is 2.33. The Balaban J connectivity index is 1.95. The third kappa shape index (κ3) is 4.14. The van der Waals surface area contributed by atoms with Gasteiger partial charge in [0, 0.05) is 24.6 Å². The molecule has 0 aliphatic carbocycles. The fourth-order valence-corrected chi connectivity index (χ4v) is 3.52. The maximum Gasteiger partial charge on any atom is 0.337 e.